The number of ether oxygens (including phenoxy) is 2. The van der Waals surface area contributed by atoms with Crippen molar-refractivity contribution in [2.24, 2.45) is 0 Å². The first kappa shape index (κ1) is 21.0. The number of piperazine rings is 1. The summed E-state index contributed by atoms with van der Waals surface area (Å²) in [5.74, 6) is -0.152. The van der Waals surface area contributed by atoms with Crippen molar-refractivity contribution in [3.8, 4) is 5.75 Å². The van der Waals surface area contributed by atoms with E-state index in [1.165, 1.54) is 0 Å². The van der Waals surface area contributed by atoms with Crippen LogP contribution in [0.1, 0.15) is 32.8 Å². The molecule has 27 heavy (non-hydrogen) atoms. The topological polar surface area (TPSA) is 79.3 Å². The Kier molecular flexibility index (Phi) is 7.47. The van der Waals surface area contributed by atoms with Gasteiger partial charge in [0.1, 0.15) is 11.4 Å². The third-order valence-corrected chi connectivity index (χ3v) is 4.17. The lowest BCUT2D eigenvalue weighted by atomic mass is 10.1. The molecule has 150 valence electrons. The molecule has 1 amide bonds. The van der Waals surface area contributed by atoms with E-state index < -0.39 is 11.6 Å². The van der Waals surface area contributed by atoms with Crippen LogP contribution in [-0.2, 0) is 16.0 Å². The predicted octanol–water partition coefficient (Wildman–Crippen LogP) is 2.64. The molecule has 0 spiro atoms. The quantitative estimate of drug-likeness (QED) is 0.735. The number of nitrogens with zero attached hydrogens (tertiary/aromatic N) is 2. The third kappa shape index (κ3) is 7.86. The van der Waals surface area contributed by atoms with Gasteiger partial charge in [-0.2, -0.15) is 0 Å². The molecule has 1 aromatic rings. The molecule has 7 heteroatoms. The Morgan fingerprint density at radius 2 is 1.85 bits per heavy atom. The van der Waals surface area contributed by atoms with E-state index in [2.05, 4.69) is 4.90 Å². The molecule has 0 radical (unpaired) electrons. The summed E-state index contributed by atoms with van der Waals surface area (Å²) in [4.78, 5) is 26.9. The fourth-order valence-corrected chi connectivity index (χ4v) is 2.88. The van der Waals surface area contributed by atoms with Gasteiger partial charge < -0.3 is 19.5 Å². The molecular formula is C20H30N2O5. The Morgan fingerprint density at radius 3 is 2.48 bits per heavy atom. The summed E-state index contributed by atoms with van der Waals surface area (Å²) in [6, 6.07) is 7.20. The van der Waals surface area contributed by atoms with E-state index in [9.17, 15) is 9.59 Å². The van der Waals surface area contributed by atoms with Crippen LogP contribution in [0.2, 0.25) is 0 Å². The molecule has 0 bridgehead atoms. The summed E-state index contributed by atoms with van der Waals surface area (Å²) in [6.45, 7) is 10.1. The molecule has 1 saturated heterocycles. The molecule has 1 N–H and O–H groups in total. The number of rotatable bonds is 7. The third-order valence-electron chi connectivity index (χ3n) is 4.17. The Hall–Kier alpha value is -2.28. The van der Waals surface area contributed by atoms with Gasteiger partial charge in [-0.15, -0.1) is 0 Å². The van der Waals surface area contributed by atoms with Crippen LogP contribution in [0.5, 0.6) is 5.75 Å². The van der Waals surface area contributed by atoms with E-state index in [1.807, 2.05) is 32.9 Å². The van der Waals surface area contributed by atoms with Crippen LogP contribution in [0.25, 0.3) is 0 Å². The van der Waals surface area contributed by atoms with Crippen LogP contribution >= 0.6 is 0 Å². The van der Waals surface area contributed by atoms with Gasteiger partial charge in [0.15, 0.2) is 0 Å². The highest BCUT2D eigenvalue weighted by atomic mass is 16.6. The van der Waals surface area contributed by atoms with Crippen molar-refractivity contribution >= 4 is 12.1 Å². The van der Waals surface area contributed by atoms with Gasteiger partial charge >= 0.3 is 12.1 Å². The van der Waals surface area contributed by atoms with Crippen molar-refractivity contribution in [2.75, 3.05) is 39.3 Å². The summed E-state index contributed by atoms with van der Waals surface area (Å²) < 4.78 is 11.1. The van der Waals surface area contributed by atoms with Gasteiger partial charge in [0.2, 0.25) is 0 Å². The normalized spacial score (nSPS) is 15.4. The number of hydrogen-bond donors (Lipinski definition) is 1. The first-order valence-corrected chi connectivity index (χ1v) is 9.37. The van der Waals surface area contributed by atoms with Gasteiger partial charge in [-0.3, -0.25) is 9.69 Å². The molecule has 0 atom stereocenters. The van der Waals surface area contributed by atoms with E-state index in [-0.39, 0.29) is 12.5 Å². The summed E-state index contributed by atoms with van der Waals surface area (Å²) in [7, 11) is 0. The van der Waals surface area contributed by atoms with Crippen molar-refractivity contribution in [1.82, 2.24) is 9.80 Å². The Labute approximate surface area is 160 Å². The van der Waals surface area contributed by atoms with Crippen LogP contribution in [0.4, 0.5) is 4.79 Å². The largest absolute Gasteiger partial charge is 0.494 e. The van der Waals surface area contributed by atoms with Crippen molar-refractivity contribution in [2.45, 2.75) is 39.2 Å². The van der Waals surface area contributed by atoms with Crippen LogP contribution < -0.4 is 4.74 Å². The smallest absolute Gasteiger partial charge is 0.410 e. The zero-order chi connectivity index (χ0) is 19.9. The Balaban J connectivity index is 1.65. The molecule has 2 rings (SSSR count). The number of carboxylic acids is 1. The molecule has 1 fully saturated rings. The molecular weight excluding hydrogens is 348 g/mol. The first-order valence-electron chi connectivity index (χ1n) is 9.37. The maximum absolute atomic E-state index is 12.1. The number of carbonyl (C=O) groups is 2. The Morgan fingerprint density at radius 1 is 1.15 bits per heavy atom. The number of benzene rings is 1. The average Bonchev–Trinajstić information content (AvgIpc) is 2.57. The van der Waals surface area contributed by atoms with Crippen molar-refractivity contribution in [3.63, 3.8) is 0 Å². The second-order valence-electron chi connectivity index (χ2n) is 7.73. The Bertz CT molecular complexity index is 634. The molecule has 1 heterocycles. The summed E-state index contributed by atoms with van der Waals surface area (Å²) in [5, 5.41) is 8.85. The molecule has 0 saturated carbocycles. The molecule has 0 aromatic heterocycles. The second-order valence-corrected chi connectivity index (χ2v) is 7.73. The zero-order valence-electron chi connectivity index (χ0n) is 16.4. The summed E-state index contributed by atoms with van der Waals surface area (Å²) in [6.07, 6.45) is 0.626. The average molecular weight is 378 g/mol. The molecule has 0 unspecified atom stereocenters. The maximum atomic E-state index is 12.1. The molecule has 0 aliphatic carbocycles. The van der Waals surface area contributed by atoms with Gasteiger partial charge in [-0.05, 0) is 44.9 Å². The second kappa shape index (κ2) is 9.60. The van der Waals surface area contributed by atoms with Gasteiger partial charge in [0.05, 0.1) is 13.0 Å². The predicted molar refractivity (Wildman–Crippen MR) is 102 cm³/mol. The van der Waals surface area contributed by atoms with E-state index in [1.54, 1.807) is 17.0 Å². The maximum Gasteiger partial charge on any atom is 0.410 e. The number of aliphatic carboxylic acids is 1. The monoisotopic (exact) mass is 378 g/mol. The highest BCUT2D eigenvalue weighted by Crippen LogP contribution is 2.15. The van der Waals surface area contributed by atoms with Crippen molar-refractivity contribution in [3.05, 3.63) is 29.8 Å². The van der Waals surface area contributed by atoms with E-state index in [4.69, 9.17) is 14.6 Å². The number of hydrogen-bond acceptors (Lipinski definition) is 5. The molecule has 7 nitrogen and oxygen atoms in total. The summed E-state index contributed by atoms with van der Waals surface area (Å²) in [5.41, 5.74) is 0.270. The minimum absolute atomic E-state index is 0.000867. The van der Waals surface area contributed by atoms with Crippen LogP contribution in [-0.4, -0.2) is 71.9 Å². The number of carboxylic acid groups (broad SMARTS) is 1. The van der Waals surface area contributed by atoms with Crippen LogP contribution in [0.3, 0.4) is 0 Å². The van der Waals surface area contributed by atoms with E-state index in [0.717, 1.165) is 31.6 Å². The first-order chi connectivity index (χ1) is 12.7. The van der Waals surface area contributed by atoms with Gasteiger partial charge in [0.25, 0.3) is 0 Å². The van der Waals surface area contributed by atoms with Crippen LogP contribution in [0, 0.1) is 0 Å². The van der Waals surface area contributed by atoms with E-state index in [0.29, 0.717) is 25.4 Å². The lowest BCUT2D eigenvalue weighted by Crippen LogP contribution is -2.50. The van der Waals surface area contributed by atoms with Gasteiger partial charge in [-0.1, -0.05) is 12.1 Å². The van der Waals surface area contributed by atoms with Gasteiger partial charge in [0, 0.05) is 32.7 Å². The number of carbonyl (C=O) groups excluding carboxylic acids is 1. The highest BCUT2D eigenvalue weighted by molar-refractivity contribution is 5.70. The fourth-order valence-electron chi connectivity index (χ4n) is 2.88. The van der Waals surface area contributed by atoms with Crippen molar-refractivity contribution in [1.29, 1.82) is 0 Å². The minimum Gasteiger partial charge on any atom is -0.494 e. The van der Waals surface area contributed by atoms with Crippen LogP contribution in [0.15, 0.2) is 24.3 Å². The zero-order valence-corrected chi connectivity index (χ0v) is 16.4. The lowest BCUT2D eigenvalue weighted by molar-refractivity contribution is -0.136. The van der Waals surface area contributed by atoms with Crippen molar-refractivity contribution < 1.29 is 24.2 Å². The lowest BCUT2D eigenvalue weighted by Gasteiger charge is -2.35. The minimum atomic E-state index is -0.849. The highest BCUT2D eigenvalue weighted by Gasteiger charge is 2.25. The molecule has 1 aromatic carbocycles. The molecule has 1 aliphatic rings. The number of amides is 1. The fraction of sp³-hybridized carbons (Fsp3) is 0.600. The van der Waals surface area contributed by atoms with Gasteiger partial charge in [-0.25, -0.2) is 4.79 Å². The molecule has 1 aliphatic heterocycles. The standard InChI is InChI=1S/C20H30N2O5/c1-20(2,3)27-19(25)22-11-9-21(10-12-22)8-5-13-26-17-7-4-6-16(14-17)15-18(23)24/h4,6-7,14H,5,8-13,15H2,1-3H3,(H,23,24). The van der Waals surface area contributed by atoms with E-state index >= 15 is 0 Å². The SMILES string of the molecule is CC(C)(C)OC(=O)N1CCN(CCCOc2cccc(CC(=O)O)c2)CC1. The summed E-state index contributed by atoms with van der Waals surface area (Å²) >= 11 is 0.